The van der Waals surface area contributed by atoms with Gasteiger partial charge in [-0.2, -0.15) is 0 Å². The Hall–Kier alpha value is -3.07. The lowest BCUT2D eigenvalue weighted by molar-refractivity contribution is -0.149. The number of ketones is 2. The van der Waals surface area contributed by atoms with Crippen molar-refractivity contribution in [1.29, 1.82) is 0 Å². The highest BCUT2D eigenvalue weighted by Gasteiger charge is 2.34. The summed E-state index contributed by atoms with van der Waals surface area (Å²) in [6.07, 6.45) is -0.0448. The van der Waals surface area contributed by atoms with Gasteiger partial charge in [-0.15, -0.1) is 0 Å². The van der Waals surface area contributed by atoms with Gasteiger partial charge in [0.15, 0.2) is 5.78 Å². The van der Waals surface area contributed by atoms with Gasteiger partial charge in [-0.05, 0) is 23.8 Å². The smallest absolute Gasteiger partial charge is 0.306 e. The molecule has 3 unspecified atom stereocenters. The molecule has 1 saturated heterocycles. The number of hydrogen-bond acceptors (Lipinski definition) is 7. The van der Waals surface area contributed by atoms with E-state index in [1.165, 1.54) is 0 Å². The van der Waals surface area contributed by atoms with E-state index in [-0.39, 0.29) is 56.6 Å². The van der Waals surface area contributed by atoms with E-state index in [1.54, 1.807) is 13.8 Å². The Morgan fingerprint density at radius 3 is 2.39 bits per heavy atom. The molecule has 9 nitrogen and oxygen atoms in total. The van der Waals surface area contributed by atoms with Crippen LogP contribution in [0.25, 0.3) is 0 Å². The fourth-order valence-electron chi connectivity index (χ4n) is 4.02. The normalized spacial score (nSPS) is 18.4. The number of esters is 1. The number of ether oxygens (including phenoxy) is 2. The zero-order valence-corrected chi connectivity index (χ0v) is 21.6. The number of hydrogen-bond donors (Lipinski definition) is 2. The molecule has 1 aliphatic rings. The van der Waals surface area contributed by atoms with Gasteiger partial charge in [-0.25, -0.2) is 0 Å². The summed E-state index contributed by atoms with van der Waals surface area (Å²) in [4.78, 5) is 63.4. The molecule has 2 amide bonds. The molecule has 0 bridgehead atoms. The number of nitrogens with one attached hydrogen (secondary N) is 2. The van der Waals surface area contributed by atoms with Crippen molar-refractivity contribution in [2.45, 2.75) is 59.6 Å². The van der Waals surface area contributed by atoms with Gasteiger partial charge in [0, 0.05) is 25.5 Å². The third-order valence-corrected chi connectivity index (χ3v) is 6.27. The molecule has 1 aromatic carbocycles. The standard InChI is InChI=1S/C27H38N2O7/c1-17(2)21(15-23(31)36-16-19-8-6-5-7-9-19)26(33)29-24(18(3)4)22(30)14-20-10-12-35-13-11-28-27(34)25(20)32/h5-9,17-18,20-21,24H,10-16H2,1-4H3,(H,28,34)(H,29,33). The third-order valence-electron chi connectivity index (χ3n) is 6.27. The lowest BCUT2D eigenvalue weighted by Gasteiger charge is -2.27. The molecular formula is C27H38N2O7. The predicted octanol–water partition coefficient (Wildman–Crippen LogP) is 2.21. The van der Waals surface area contributed by atoms with Crippen LogP contribution in [0.3, 0.4) is 0 Å². The second-order valence-electron chi connectivity index (χ2n) is 9.82. The molecule has 1 heterocycles. The van der Waals surface area contributed by atoms with Crippen molar-refractivity contribution in [2.24, 2.45) is 23.7 Å². The van der Waals surface area contributed by atoms with Crippen LogP contribution < -0.4 is 10.6 Å². The number of amides is 2. The van der Waals surface area contributed by atoms with E-state index < -0.39 is 41.4 Å². The van der Waals surface area contributed by atoms with Crippen LogP contribution in [0.5, 0.6) is 0 Å². The van der Waals surface area contributed by atoms with Crippen molar-refractivity contribution in [3.05, 3.63) is 35.9 Å². The first kappa shape index (κ1) is 29.2. The summed E-state index contributed by atoms with van der Waals surface area (Å²) in [6, 6.07) is 8.40. The van der Waals surface area contributed by atoms with Crippen molar-refractivity contribution in [2.75, 3.05) is 19.8 Å². The maximum absolute atomic E-state index is 13.2. The Bertz CT molecular complexity index is 914. The average molecular weight is 503 g/mol. The van der Waals surface area contributed by atoms with E-state index in [0.717, 1.165) is 5.56 Å². The highest BCUT2D eigenvalue weighted by Crippen LogP contribution is 2.20. The van der Waals surface area contributed by atoms with E-state index >= 15 is 0 Å². The number of benzene rings is 1. The van der Waals surface area contributed by atoms with Gasteiger partial charge in [0.1, 0.15) is 6.61 Å². The summed E-state index contributed by atoms with van der Waals surface area (Å²) in [5.41, 5.74) is 0.848. The Kier molecular flexibility index (Phi) is 11.7. The van der Waals surface area contributed by atoms with E-state index in [4.69, 9.17) is 9.47 Å². The summed E-state index contributed by atoms with van der Waals surface area (Å²) in [7, 11) is 0. The summed E-state index contributed by atoms with van der Waals surface area (Å²) in [5, 5.41) is 5.28. The van der Waals surface area contributed by atoms with Crippen molar-refractivity contribution >= 4 is 29.4 Å². The van der Waals surface area contributed by atoms with Gasteiger partial charge >= 0.3 is 5.97 Å². The average Bonchev–Trinajstić information content (AvgIpc) is 2.91. The Balaban J connectivity index is 2.02. The molecule has 2 rings (SSSR count). The van der Waals surface area contributed by atoms with Gasteiger partial charge in [0.25, 0.3) is 5.91 Å². The molecule has 0 spiro atoms. The Labute approximate surface area is 212 Å². The minimum absolute atomic E-state index is 0.117. The molecule has 0 radical (unpaired) electrons. The van der Waals surface area contributed by atoms with Crippen LogP contribution in [0.1, 0.15) is 52.5 Å². The number of carbonyl (C=O) groups is 5. The van der Waals surface area contributed by atoms with Gasteiger partial charge in [-0.3, -0.25) is 24.0 Å². The molecule has 3 atom stereocenters. The van der Waals surface area contributed by atoms with Crippen LogP contribution in [0, 0.1) is 23.7 Å². The summed E-state index contributed by atoms with van der Waals surface area (Å²) >= 11 is 0. The zero-order valence-electron chi connectivity index (χ0n) is 21.6. The summed E-state index contributed by atoms with van der Waals surface area (Å²) in [5.74, 6) is -4.56. The van der Waals surface area contributed by atoms with E-state index in [9.17, 15) is 24.0 Å². The van der Waals surface area contributed by atoms with Crippen LogP contribution in [0.4, 0.5) is 0 Å². The van der Waals surface area contributed by atoms with Gasteiger partial charge < -0.3 is 20.1 Å². The Morgan fingerprint density at radius 1 is 1.06 bits per heavy atom. The van der Waals surface area contributed by atoms with E-state index in [2.05, 4.69) is 10.6 Å². The Morgan fingerprint density at radius 2 is 1.75 bits per heavy atom. The van der Waals surface area contributed by atoms with Gasteiger partial charge in [0.05, 0.1) is 25.0 Å². The van der Waals surface area contributed by atoms with Gasteiger partial charge in [-0.1, -0.05) is 58.0 Å². The van der Waals surface area contributed by atoms with Crippen LogP contribution in [0.15, 0.2) is 30.3 Å². The lowest BCUT2D eigenvalue weighted by Crippen LogP contribution is -2.49. The monoisotopic (exact) mass is 502 g/mol. The molecule has 1 aliphatic heterocycles. The van der Waals surface area contributed by atoms with E-state index in [0.29, 0.717) is 6.61 Å². The van der Waals surface area contributed by atoms with Crippen molar-refractivity contribution < 1.29 is 33.4 Å². The predicted molar refractivity (Wildman–Crippen MR) is 133 cm³/mol. The van der Waals surface area contributed by atoms with Crippen molar-refractivity contribution in [3.63, 3.8) is 0 Å². The highest BCUT2D eigenvalue weighted by molar-refractivity contribution is 6.37. The highest BCUT2D eigenvalue weighted by atomic mass is 16.5. The second-order valence-corrected chi connectivity index (χ2v) is 9.82. The molecule has 1 fully saturated rings. The molecule has 0 aliphatic carbocycles. The van der Waals surface area contributed by atoms with Crippen molar-refractivity contribution in [3.8, 4) is 0 Å². The topological polar surface area (TPSA) is 128 Å². The first-order valence-electron chi connectivity index (χ1n) is 12.5. The van der Waals surface area contributed by atoms with Crippen molar-refractivity contribution in [1.82, 2.24) is 10.6 Å². The molecule has 0 aromatic heterocycles. The molecule has 0 saturated carbocycles. The molecule has 2 N–H and O–H groups in total. The quantitative estimate of drug-likeness (QED) is 0.351. The van der Waals surface area contributed by atoms with Crippen LogP contribution in [-0.4, -0.2) is 55.2 Å². The summed E-state index contributed by atoms with van der Waals surface area (Å²) in [6.45, 7) is 8.16. The molecule has 9 heteroatoms. The largest absolute Gasteiger partial charge is 0.461 e. The minimum atomic E-state index is -0.858. The van der Waals surface area contributed by atoms with Crippen LogP contribution in [-0.2, 0) is 40.1 Å². The van der Waals surface area contributed by atoms with Crippen LogP contribution >= 0.6 is 0 Å². The molecule has 198 valence electrons. The number of rotatable bonds is 11. The summed E-state index contributed by atoms with van der Waals surface area (Å²) < 4.78 is 10.7. The third kappa shape index (κ3) is 9.18. The lowest BCUT2D eigenvalue weighted by atomic mass is 9.87. The SMILES string of the molecule is CC(C)C(CC(=O)OCc1ccccc1)C(=O)NC(C(=O)CC1CCOCCNC(=O)C1=O)C(C)C. The maximum atomic E-state index is 13.2. The second kappa shape index (κ2) is 14.5. The molecular weight excluding hydrogens is 464 g/mol. The zero-order chi connectivity index (χ0) is 26.7. The number of Topliss-reactive ketones (excluding diaryl/α,β-unsaturated/α-hetero) is 2. The minimum Gasteiger partial charge on any atom is -0.461 e. The fourth-order valence-corrected chi connectivity index (χ4v) is 4.02. The first-order valence-corrected chi connectivity index (χ1v) is 12.5. The number of carbonyl (C=O) groups excluding carboxylic acids is 5. The first-order chi connectivity index (χ1) is 17.1. The fraction of sp³-hybridized carbons (Fsp3) is 0.593. The van der Waals surface area contributed by atoms with Gasteiger partial charge in [0.2, 0.25) is 11.7 Å². The van der Waals surface area contributed by atoms with Crippen LogP contribution in [0.2, 0.25) is 0 Å². The maximum Gasteiger partial charge on any atom is 0.306 e. The van der Waals surface area contributed by atoms with E-state index in [1.807, 2.05) is 44.2 Å². The molecule has 36 heavy (non-hydrogen) atoms. The molecule has 1 aromatic rings.